The summed E-state index contributed by atoms with van der Waals surface area (Å²) in [5.41, 5.74) is 0. The Bertz CT molecular complexity index is 135. The second-order valence-corrected chi connectivity index (χ2v) is 5.90. The molecule has 0 radical (unpaired) electrons. The van der Waals surface area contributed by atoms with Crippen LogP contribution >= 0.6 is 0 Å². The van der Waals surface area contributed by atoms with Gasteiger partial charge in [0.2, 0.25) is 0 Å². The molecule has 0 aromatic heterocycles. The van der Waals surface area contributed by atoms with Crippen LogP contribution in [0.3, 0.4) is 0 Å². The highest BCUT2D eigenvalue weighted by molar-refractivity contribution is 4.68. The van der Waals surface area contributed by atoms with Crippen molar-refractivity contribution in [3.63, 3.8) is 0 Å². The Morgan fingerprint density at radius 3 is 1.71 bits per heavy atom. The lowest BCUT2D eigenvalue weighted by atomic mass is 9.89. The molecule has 0 aromatic rings. The van der Waals surface area contributed by atoms with E-state index in [1.165, 1.54) is 32.1 Å². The lowest BCUT2D eigenvalue weighted by Crippen LogP contribution is -2.96. The van der Waals surface area contributed by atoms with E-state index >= 15 is 0 Å². The van der Waals surface area contributed by atoms with Crippen molar-refractivity contribution >= 4 is 0 Å². The highest BCUT2D eigenvalue weighted by Crippen LogP contribution is 2.16. The van der Waals surface area contributed by atoms with E-state index in [4.69, 9.17) is 0 Å². The summed E-state index contributed by atoms with van der Waals surface area (Å²) in [6, 6.07) is 1.85. The molecule has 0 aromatic carbocycles. The first-order chi connectivity index (χ1) is 6.58. The smallest absolute Gasteiger partial charge is 0.0863 e. The van der Waals surface area contributed by atoms with Crippen molar-refractivity contribution in [2.45, 2.75) is 71.9 Å². The van der Waals surface area contributed by atoms with Gasteiger partial charge in [0.05, 0.1) is 12.1 Å². The van der Waals surface area contributed by atoms with Crippen LogP contribution in [0.25, 0.3) is 0 Å². The molecule has 1 nitrogen and oxygen atoms in total. The maximum absolute atomic E-state index is 2.67. The van der Waals surface area contributed by atoms with Crippen LogP contribution in [0.15, 0.2) is 0 Å². The van der Waals surface area contributed by atoms with Gasteiger partial charge < -0.3 is 5.32 Å². The van der Waals surface area contributed by atoms with Gasteiger partial charge in [-0.25, -0.2) is 0 Å². The van der Waals surface area contributed by atoms with E-state index in [2.05, 4.69) is 33.0 Å². The van der Waals surface area contributed by atoms with E-state index in [9.17, 15) is 0 Å². The second kappa shape index (κ2) is 5.75. The average molecular weight is 198 g/mol. The van der Waals surface area contributed by atoms with Crippen LogP contribution in [0.2, 0.25) is 0 Å². The number of hydrogen-bond acceptors (Lipinski definition) is 0. The third-order valence-electron chi connectivity index (χ3n) is 3.24. The maximum Gasteiger partial charge on any atom is 0.0863 e. The molecule has 1 aliphatic heterocycles. The molecule has 14 heavy (non-hydrogen) atoms. The zero-order valence-corrected chi connectivity index (χ0v) is 10.4. The molecule has 0 spiro atoms. The van der Waals surface area contributed by atoms with Gasteiger partial charge in [0.15, 0.2) is 0 Å². The number of quaternary nitrogens is 1. The Morgan fingerprint density at radius 1 is 0.929 bits per heavy atom. The number of nitrogens with two attached hydrogens (primary N) is 1. The summed E-state index contributed by atoms with van der Waals surface area (Å²) in [6.07, 6.45) is 7.19. The summed E-state index contributed by atoms with van der Waals surface area (Å²) in [6.45, 7) is 9.39. The molecular formula is C13H28N+. The van der Waals surface area contributed by atoms with E-state index in [0.29, 0.717) is 0 Å². The molecule has 1 rings (SSSR count). The predicted molar refractivity (Wildman–Crippen MR) is 62.3 cm³/mol. The Hall–Kier alpha value is -0.0400. The van der Waals surface area contributed by atoms with Crippen molar-refractivity contribution in [3.8, 4) is 0 Å². The van der Waals surface area contributed by atoms with E-state index in [1.54, 1.807) is 0 Å². The molecule has 1 saturated heterocycles. The quantitative estimate of drug-likeness (QED) is 0.715. The molecule has 0 saturated carbocycles. The van der Waals surface area contributed by atoms with Gasteiger partial charge in [-0.15, -0.1) is 0 Å². The van der Waals surface area contributed by atoms with Crippen molar-refractivity contribution in [3.05, 3.63) is 0 Å². The number of hydrogen-bond donors (Lipinski definition) is 1. The van der Waals surface area contributed by atoms with Crippen molar-refractivity contribution in [1.82, 2.24) is 0 Å². The summed E-state index contributed by atoms with van der Waals surface area (Å²) in [4.78, 5) is 0. The molecule has 0 unspecified atom stereocenters. The first kappa shape index (κ1) is 12.0. The van der Waals surface area contributed by atoms with Crippen LogP contribution in [0.1, 0.15) is 59.8 Å². The summed E-state index contributed by atoms with van der Waals surface area (Å²) >= 11 is 0. The molecule has 0 aliphatic carbocycles. The third kappa shape index (κ3) is 4.45. The lowest BCUT2D eigenvalue weighted by molar-refractivity contribution is -0.732. The molecule has 1 heterocycles. The lowest BCUT2D eigenvalue weighted by Gasteiger charge is -2.29. The van der Waals surface area contributed by atoms with Crippen molar-refractivity contribution in [1.29, 1.82) is 0 Å². The summed E-state index contributed by atoms with van der Waals surface area (Å²) in [5.74, 6) is 1.74. The minimum Gasteiger partial charge on any atom is -0.341 e. The monoisotopic (exact) mass is 198 g/mol. The minimum absolute atomic E-state index is 0.869. The van der Waals surface area contributed by atoms with Crippen LogP contribution in [0, 0.1) is 11.8 Å². The molecule has 1 heteroatoms. The molecule has 1 fully saturated rings. The van der Waals surface area contributed by atoms with Gasteiger partial charge in [-0.1, -0.05) is 27.7 Å². The fourth-order valence-electron chi connectivity index (χ4n) is 2.82. The first-order valence-electron chi connectivity index (χ1n) is 6.43. The third-order valence-corrected chi connectivity index (χ3v) is 3.24. The van der Waals surface area contributed by atoms with Crippen LogP contribution in [0.4, 0.5) is 0 Å². The molecule has 84 valence electrons. The summed E-state index contributed by atoms with van der Waals surface area (Å²) in [7, 11) is 0. The first-order valence-corrected chi connectivity index (χ1v) is 6.43. The zero-order valence-electron chi connectivity index (χ0n) is 10.4. The molecule has 0 bridgehead atoms. The van der Waals surface area contributed by atoms with Gasteiger partial charge in [-0.2, -0.15) is 0 Å². The van der Waals surface area contributed by atoms with Gasteiger partial charge in [0, 0.05) is 12.8 Å². The highest BCUT2D eigenvalue weighted by Gasteiger charge is 2.25. The van der Waals surface area contributed by atoms with E-state index < -0.39 is 0 Å². The van der Waals surface area contributed by atoms with Gasteiger partial charge in [-0.3, -0.25) is 0 Å². The Kier molecular flexibility index (Phi) is 4.94. The summed E-state index contributed by atoms with van der Waals surface area (Å²) < 4.78 is 0. The Balaban J connectivity index is 2.28. The minimum atomic E-state index is 0.869. The van der Waals surface area contributed by atoms with Crippen molar-refractivity contribution in [2.24, 2.45) is 11.8 Å². The van der Waals surface area contributed by atoms with E-state index in [0.717, 1.165) is 23.9 Å². The van der Waals surface area contributed by atoms with Crippen LogP contribution < -0.4 is 5.32 Å². The number of piperidine rings is 1. The molecule has 2 N–H and O–H groups in total. The zero-order chi connectivity index (χ0) is 10.6. The highest BCUT2D eigenvalue weighted by atomic mass is 15.0. The summed E-state index contributed by atoms with van der Waals surface area (Å²) in [5, 5.41) is 2.67. The SMILES string of the molecule is CC(C)C[C@H]1CCC[C@H](CC(C)C)[NH2+]1. The van der Waals surface area contributed by atoms with Gasteiger partial charge in [0.1, 0.15) is 0 Å². The molecule has 1 aliphatic rings. The van der Waals surface area contributed by atoms with Crippen LogP contribution in [-0.2, 0) is 0 Å². The largest absolute Gasteiger partial charge is 0.341 e. The van der Waals surface area contributed by atoms with Crippen LogP contribution in [0.5, 0.6) is 0 Å². The molecular weight excluding hydrogens is 170 g/mol. The Labute approximate surface area is 89.7 Å². The normalized spacial score (nSPS) is 28.7. The standard InChI is InChI=1S/C13H27N/c1-10(2)8-12-6-5-7-13(14-12)9-11(3)4/h10-14H,5-9H2,1-4H3/p+1/t12-,13-/m1/s1. The number of rotatable bonds is 4. The van der Waals surface area contributed by atoms with Gasteiger partial charge in [0.25, 0.3) is 0 Å². The predicted octanol–water partition coefficient (Wildman–Crippen LogP) is 2.56. The average Bonchev–Trinajstić information content (AvgIpc) is 2.01. The second-order valence-electron chi connectivity index (χ2n) is 5.90. The van der Waals surface area contributed by atoms with Crippen LogP contribution in [-0.4, -0.2) is 12.1 Å². The van der Waals surface area contributed by atoms with Crippen molar-refractivity contribution in [2.75, 3.05) is 0 Å². The maximum atomic E-state index is 2.67. The fourth-order valence-corrected chi connectivity index (χ4v) is 2.82. The van der Waals surface area contributed by atoms with E-state index in [-0.39, 0.29) is 0 Å². The molecule has 0 amide bonds. The topological polar surface area (TPSA) is 16.6 Å². The van der Waals surface area contributed by atoms with Crippen molar-refractivity contribution < 1.29 is 5.32 Å². The van der Waals surface area contributed by atoms with E-state index in [1.807, 2.05) is 0 Å². The van der Waals surface area contributed by atoms with Gasteiger partial charge in [-0.05, 0) is 31.1 Å². The van der Waals surface area contributed by atoms with Gasteiger partial charge >= 0.3 is 0 Å². The Morgan fingerprint density at radius 2 is 1.36 bits per heavy atom. The fraction of sp³-hybridized carbons (Fsp3) is 1.00. The molecule has 2 atom stereocenters.